The van der Waals surface area contributed by atoms with Gasteiger partial charge in [0.15, 0.2) is 11.5 Å². The van der Waals surface area contributed by atoms with Gasteiger partial charge in [-0.3, -0.25) is 19.4 Å². The van der Waals surface area contributed by atoms with Gasteiger partial charge in [-0.05, 0) is 54.8 Å². The molecule has 2 heterocycles. The van der Waals surface area contributed by atoms with Crippen LogP contribution < -0.4 is 14.4 Å². The number of benzene rings is 3. The lowest BCUT2D eigenvalue weighted by Gasteiger charge is -2.36. The van der Waals surface area contributed by atoms with Gasteiger partial charge in [0.05, 0.1) is 30.5 Å². The number of hydrogen-bond donors (Lipinski definition) is 0. The largest absolute Gasteiger partial charge is 0.493 e. The predicted molar refractivity (Wildman–Crippen MR) is 144 cm³/mol. The van der Waals surface area contributed by atoms with Gasteiger partial charge in [0, 0.05) is 39.3 Å². The van der Waals surface area contributed by atoms with Gasteiger partial charge in [-0.1, -0.05) is 30.3 Å². The first-order valence-electron chi connectivity index (χ1n) is 13.0. The van der Waals surface area contributed by atoms with E-state index in [-0.39, 0.29) is 30.6 Å². The number of hydrogen-bond acceptors (Lipinski definition) is 6. The van der Waals surface area contributed by atoms with Crippen LogP contribution in [0.5, 0.6) is 11.5 Å². The maximum atomic E-state index is 14.1. The standard InChI is InChI=1S/C30H32FN3O4/c1-3-38-27-19-21(11-12-26(27)37-2)20-32-15-17-33(18-16-32)25-10-6-8-23-28(25)30(36)34(29(23)35)14-13-22-7-4-5-9-24(22)31/h4-12,19H,3,13-18,20H2,1-2H3. The Morgan fingerprint density at radius 3 is 2.42 bits per heavy atom. The topological polar surface area (TPSA) is 62.3 Å². The van der Waals surface area contributed by atoms with Crippen molar-refractivity contribution in [1.82, 2.24) is 9.80 Å². The van der Waals surface area contributed by atoms with E-state index in [2.05, 4.69) is 15.9 Å². The van der Waals surface area contributed by atoms with Crippen LogP contribution in [0.1, 0.15) is 38.8 Å². The van der Waals surface area contributed by atoms with E-state index < -0.39 is 0 Å². The van der Waals surface area contributed by atoms with Crippen molar-refractivity contribution in [2.45, 2.75) is 19.9 Å². The number of carbonyl (C=O) groups is 2. The second-order valence-corrected chi connectivity index (χ2v) is 9.48. The number of methoxy groups -OCH3 is 1. The van der Waals surface area contributed by atoms with Gasteiger partial charge >= 0.3 is 0 Å². The van der Waals surface area contributed by atoms with Crippen molar-refractivity contribution < 1.29 is 23.5 Å². The van der Waals surface area contributed by atoms with Crippen molar-refractivity contribution in [2.24, 2.45) is 0 Å². The van der Waals surface area contributed by atoms with Crippen LogP contribution in [0.4, 0.5) is 10.1 Å². The second kappa shape index (κ2) is 11.2. The van der Waals surface area contributed by atoms with Crippen LogP contribution in [0.3, 0.4) is 0 Å². The summed E-state index contributed by atoms with van der Waals surface area (Å²) >= 11 is 0. The molecule has 0 aliphatic carbocycles. The first-order chi connectivity index (χ1) is 18.5. The van der Waals surface area contributed by atoms with Gasteiger partial charge in [-0.15, -0.1) is 0 Å². The number of rotatable bonds is 9. The number of anilines is 1. The number of carbonyl (C=O) groups excluding carboxylic acids is 2. The van der Waals surface area contributed by atoms with Crippen LogP contribution in [0.15, 0.2) is 60.7 Å². The van der Waals surface area contributed by atoms with E-state index in [1.807, 2.05) is 31.2 Å². The third-order valence-electron chi connectivity index (χ3n) is 7.19. The SMILES string of the molecule is CCOc1cc(CN2CCN(c3cccc4c3C(=O)N(CCc3ccccc3F)C4=O)CC2)ccc1OC. The summed E-state index contributed by atoms with van der Waals surface area (Å²) in [7, 11) is 1.64. The number of piperazine rings is 1. The quantitative estimate of drug-likeness (QED) is 0.393. The van der Waals surface area contributed by atoms with Crippen molar-refractivity contribution in [3.05, 3.63) is 88.7 Å². The molecule has 0 spiro atoms. The average Bonchev–Trinajstić information content (AvgIpc) is 3.18. The predicted octanol–water partition coefficient (Wildman–Crippen LogP) is 4.39. The van der Waals surface area contributed by atoms with E-state index in [4.69, 9.17) is 9.47 Å². The minimum absolute atomic E-state index is 0.145. The maximum Gasteiger partial charge on any atom is 0.263 e. The van der Waals surface area contributed by atoms with Crippen molar-refractivity contribution >= 4 is 17.5 Å². The number of ether oxygens (including phenoxy) is 2. The summed E-state index contributed by atoms with van der Waals surface area (Å²) in [6, 6.07) is 17.9. The minimum atomic E-state index is -0.327. The lowest BCUT2D eigenvalue weighted by molar-refractivity contribution is 0.0656. The normalized spacial score (nSPS) is 15.7. The summed E-state index contributed by atoms with van der Waals surface area (Å²) in [5.74, 6) is 0.521. The molecule has 8 heteroatoms. The summed E-state index contributed by atoms with van der Waals surface area (Å²) in [6.07, 6.45) is 0.280. The Bertz CT molecular complexity index is 1340. The van der Waals surface area contributed by atoms with E-state index in [0.717, 1.165) is 55.5 Å². The molecule has 0 unspecified atom stereocenters. The zero-order chi connectivity index (χ0) is 26.6. The van der Waals surface area contributed by atoms with Gasteiger partial charge in [0.2, 0.25) is 0 Å². The van der Waals surface area contributed by atoms with Crippen molar-refractivity contribution in [2.75, 3.05) is 51.3 Å². The summed E-state index contributed by atoms with van der Waals surface area (Å²) in [5.41, 5.74) is 3.30. The van der Waals surface area contributed by atoms with Crippen molar-refractivity contribution in [1.29, 1.82) is 0 Å². The third kappa shape index (κ3) is 5.09. The Labute approximate surface area is 222 Å². The highest BCUT2D eigenvalue weighted by molar-refractivity contribution is 6.23. The number of amides is 2. The summed E-state index contributed by atoms with van der Waals surface area (Å²) in [4.78, 5) is 32.3. The third-order valence-corrected chi connectivity index (χ3v) is 7.19. The first-order valence-corrected chi connectivity index (χ1v) is 13.0. The maximum absolute atomic E-state index is 14.1. The lowest BCUT2D eigenvalue weighted by atomic mass is 10.1. The Hall–Kier alpha value is -3.91. The highest BCUT2D eigenvalue weighted by atomic mass is 19.1. The van der Waals surface area contributed by atoms with E-state index in [9.17, 15) is 14.0 Å². The molecule has 2 aliphatic rings. The molecule has 0 radical (unpaired) electrons. The van der Waals surface area contributed by atoms with Crippen LogP contribution in [0.2, 0.25) is 0 Å². The zero-order valence-corrected chi connectivity index (χ0v) is 21.8. The molecular formula is C30H32FN3O4. The number of fused-ring (bicyclic) bond motifs is 1. The number of imide groups is 1. The molecular weight excluding hydrogens is 485 g/mol. The molecule has 2 amide bonds. The molecule has 0 saturated carbocycles. The van der Waals surface area contributed by atoms with Crippen molar-refractivity contribution in [3.63, 3.8) is 0 Å². The molecule has 2 aliphatic heterocycles. The fourth-order valence-corrected chi connectivity index (χ4v) is 5.21. The highest BCUT2D eigenvalue weighted by Crippen LogP contribution is 2.33. The minimum Gasteiger partial charge on any atom is -0.493 e. The van der Waals surface area contributed by atoms with E-state index in [0.29, 0.717) is 23.3 Å². The molecule has 0 N–H and O–H groups in total. The van der Waals surface area contributed by atoms with E-state index in [1.54, 1.807) is 31.4 Å². The monoisotopic (exact) mass is 517 g/mol. The van der Waals surface area contributed by atoms with Crippen molar-refractivity contribution in [3.8, 4) is 11.5 Å². The summed E-state index contributed by atoms with van der Waals surface area (Å²) < 4.78 is 25.2. The molecule has 5 rings (SSSR count). The number of nitrogens with zero attached hydrogens (tertiary/aromatic N) is 3. The smallest absolute Gasteiger partial charge is 0.263 e. The number of halogens is 1. The molecule has 198 valence electrons. The van der Waals surface area contributed by atoms with Crippen LogP contribution in [-0.2, 0) is 13.0 Å². The molecule has 38 heavy (non-hydrogen) atoms. The Morgan fingerprint density at radius 2 is 1.68 bits per heavy atom. The summed E-state index contributed by atoms with van der Waals surface area (Å²) in [6.45, 7) is 6.56. The first kappa shape index (κ1) is 25.7. The van der Waals surface area contributed by atoms with Crippen LogP contribution in [0.25, 0.3) is 0 Å². The zero-order valence-electron chi connectivity index (χ0n) is 21.8. The van der Waals surface area contributed by atoms with Gasteiger partial charge in [-0.2, -0.15) is 0 Å². The Morgan fingerprint density at radius 1 is 0.895 bits per heavy atom. The van der Waals surface area contributed by atoms with Gasteiger partial charge in [0.1, 0.15) is 5.82 Å². The molecule has 7 nitrogen and oxygen atoms in total. The van der Waals surface area contributed by atoms with Crippen LogP contribution in [-0.4, -0.2) is 68.1 Å². The van der Waals surface area contributed by atoms with Gasteiger partial charge in [-0.25, -0.2) is 4.39 Å². The lowest BCUT2D eigenvalue weighted by Crippen LogP contribution is -2.46. The molecule has 1 fully saturated rings. The molecule has 0 bridgehead atoms. The molecule has 0 atom stereocenters. The molecule has 3 aromatic rings. The van der Waals surface area contributed by atoms with Crippen LogP contribution >= 0.6 is 0 Å². The van der Waals surface area contributed by atoms with E-state index in [1.165, 1.54) is 11.0 Å². The fourth-order valence-electron chi connectivity index (χ4n) is 5.21. The van der Waals surface area contributed by atoms with Crippen LogP contribution in [0, 0.1) is 5.82 Å². The van der Waals surface area contributed by atoms with Gasteiger partial charge < -0.3 is 14.4 Å². The van der Waals surface area contributed by atoms with Gasteiger partial charge in [0.25, 0.3) is 11.8 Å². The molecule has 3 aromatic carbocycles. The highest BCUT2D eigenvalue weighted by Gasteiger charge is 2.38. The van der Waals surface area contributed by atoms with E-state index >= 15 is 0 Å². The Kier molecular flexibility index (Phi) is 7.60. The molecule has 1 saturated heterocycles. The fraction of sp³-hybridized carbons (Fsp3) is 0.333. The average molecular weight is 518 g/mol. The molecule has 0 aromatic heterocycles. The summed E-state index contributed by atoms with van der Waals surface area (Å²) in [5, 5.41) is 0. The Balaban J connectivity index is 1.25. The second-order valence-electron chi connectivity index (χ2n) is 9.48.